The van der Waals surface area contributed by atoms with Crippen LogP contribution in [0.15, 0.2) is 54.6 Å². The molecule has 148 valence electrons. The lowest BCUT2D eigenvalue weighted by molar-refractivity contribution is -0.119. The number of carbonyl (C=O) groups excluding carboxylic acids is 3. The molecule has 1 amide bonds. The van der Waals surface area contributed by atoms with Crippen molar-refractivity contribution in [2.75, 3.05) is 19.0 Å². The summed E-state index contributed by atoms with van der Waals surface area (Å²) in [7, 11) is 1.29. The van der Waals surface area contributed by atoms with Crippen molar-refractivity contribution < 1.29 is 23.9 Å². The van der Waals surface area contributed by atoms with Crippen molar-refractivity contribution >= 4 is 34.9 Å². The predicted octanol–water partition coefficient (Wildman–Crippen LogP) is 3.70. The van der Waals surface area contributed by atoms with Crippen LogP contribution in [0.1, 0.15) is 25.0 Å². The highest BCUT2D eigenvalue weighted by Crippen LogP contribution is 2.28. The normalized spacial score (nSPS) is 10.3. The van der Waals surface area contributed by atoms with Gasteiger partial charge in [-0.2, -0.15) is 0 Å². The number of esters is 2. The van der Waals surface area contributed by atoms with Gasteiger partial charge in [-0.05, 0) is 31.2 Å². The monoisotopic (exact) mass is 410 g/mol. The van der Waals surface area contributed by atoms with Crippen LogP contribution in [0.3, 0.4) is 0 Å². The minimum atomic E-state index is -0.606. The van der Waals surface area contributed by atoms with E-state index in [2.05, 4.69) is 15.0 Å². The van der Waals surface area contributed by atoms with Crippen LogP contribution in [0.25, 0.3) is 11.3 Å². The van der Waals surface area contributed by atoms with Gasteiger partial charge < -0.3 is 14.8 Å². The molecule has 0 radical (unpaired) electrons. The van der Waals surface area contributed by atoms with E-state index in [4.69, 9.17) is 4.74 Å². The summed E-state index contributed by atoms with van der Waals surface area (Å²) in [5, 5.41) is 3.33. The smallest absolute Gasteiger partial charge is 0.351 e. The zero-order chi connectivity index (χ0) is 20.8. The van der Waals surface area contributed by atoms with Gasteiger partial charge in [0.25, 0.3) is 5.91 Å². The van der Waals surface area contributed by atoms with Crippen LogP contribution in [-0.2, 0) is 14.3 Å². The van der Waals surface area contributed by atoms with Crippen molar-refractivity contribution in [1.29, 1.82) is 0 Å². The van der Waals surface area contributed by atoms with Gasteiger partial charge in [0.05, 0.1) is 23.4 Å². The first kappa shape index (κ1) is 20.2. The second-order valence-electron chi connectivity index (χ2n) is 5.97. The minimum Gasteiger partial charge on any atom is -0.465 e. The van der Waals surface area contributed by atoms with Crippen LogP contribution >= 0.6 is 11.3 Å². The van der Waals surface area contributed by atoms with Crippen molar-refractivity contribution in [2.45, 2.75) is 6.92 Å². The van der Waals surface area contributed by atoms with Gasteiger partial charge in [0, 0.05) is 11.3 Å². The van der Waals surface area contributed by atoms with Gasteiger partial charge in [0.15, 0.2) is 6.61 Å². The van der Waals surface area contributed by atoms with E-state index < -0.39 is 24.5 Å². The van der Waals surface area contributed by atoms with E-state index in [0.717, 1.165) is 10.6 Å². The molecule has 0 spiro atoms. The molecule has 0 aliphatic rings. The number of nitrogens with zero attached hydrogens (tertiary/aromatic N) is 1. The third kappa shape index (κ3) is 5.05. The van der Waals surface area contributed by atoms with Crippen molar-refractivity contribution in [2.24, 2.45) is 0 Å². The molecule has 1 aromatic heterocycles. The maximum atomic E-state index is 12.5. The summed E-state index contributed by atoms with van der Waals surface area (Å²) in [6, 6.07) is 15.5. The van der Waals surface area contributed by atoms with E-state index >= 15 is 0 Å². The van der Waals surface area contributed by atoms with Gasteiger partial charge in [-0.1, -0.05) is 30.3 Å². The lowest BCUT2D eigenvalue weighted by Crippen LogP contribution is -2.20. The minimum absolute atomic E-state index is 0.351. The van der Waals surface area contributed by atoms with Crippen molar-refractivity contribution in [1.82, 2.24) is 4.98 Å². The SMILES string of the molecule is COC(=O)c1ccc(NC(=O)COC(=O)c2sc(C)nc2-c2ccccc2)cc1. The molecule has 2 aromatic carbocycles. The van der Waals surface area contributed by atoms with E-state index in [9.17, 15) is 14.4 Å². The Labute approximate surface area is 171 Å². The molecule has 0 atom stereocenters. The largest absolute Gasteiger partial charge is 0.465 e. The Kier molecular flexibility index (Phi) is 6.36. The average Bonchev–Trinajstić information content (AvgIpc) is 3.14. The molecule has 3 rings (SSSR count). The molecule has 0 aliphatic heterocycles. The van der Waals surface area contributed by atoms with E-state index in [1.54, 1.807) is 19.1 Å². The van der Waals surface area contributed by atoms with Gasteiger partial charge in [0.1, 0.15) is 4.88 Å². The zero-order valence-corrected chi connectivity index (χ0v) is 16.6. The van der Waals surface area contributed by atoms with E-state index in [1.165, 1.54) is 30.6 Å². The Balaban J connectivity index is 1.61. The highest BCUT2D eigenvalue weighted by atomic mass is 32.1. The van der Waals surface area contributed by atoms with Crippen molar-refractivity contribution in [3.05, 3.63) is 70.0 Å². The molecule has 0 aliphatic carbocycles. The van der Waals surface area contributed by atoms with Gasteiger partial charge in [0.2, 0.25) is 0 Å². The molecule has 1 heterocycles. The molecule has 0 bridgehead atoms. The molecule has 7 nitrogen and oxygen atoms in total. The number of anilines is 1. The van der Waals surface area contributed by atoms with Crippen LogP contribution in [0.2, 0.25) is 0 Å². The van der Waals surface area contributed by atoms with Crippen molar-refractivity contribution in [3.63, 3.8) is 0 Å². The number of hydrogen-bond acceptors (Lipinski definition) is 7. The topological polar surface area (TPSA) is 94.6 Å². The molecule has 1 N–H and O–H groups in total. The fraction of sp³-hybridized carbons (Fsp3) is 0.143. The highest BCUT2D eigenvalue weighted by molar-refractivity contribution is 7.14. The average molecular weight is 410 g/mol. The summed E-state index contributed by atoms with van der Waals surface area (Å²) >= 11 is 1.22. The van der Waals surface area contributed by atoms with Crippen LogP contribution in [0, 0.1) is 6.92 Å². The number of aromatic nitrogens is 1. The number of methoxy groups -OCH3 is 1. The van der Waals surface area contributed by atoms with Crippen molar-refractivity contribution in [3.8, 4) is 11.3 Å². The highest BCUT2D eigenvalue weighted by Gasteiger charge is 2.20. The van der Waals surface area contributed by atoms with Crippen LogP contribution < -0.4 is 5.32 Å². The summed E-state index contributed by atoms with van der Waals surface area (Å²) in [4.78, 5) is 40.7. The number of amides is 1. The maximum absolute atomic E-state index is 12.5. The third-order valence-corrected chi connectivity index (χ3v) is 4.84. The summed E-state index contributed by atoms with van der Waals surface area (Å²) in [6.45, 7) is 1.36. The van der Waals surface area contributed by atoms with Gasteiger partial charge in [-0.25, -0.2) is 14.6 Å². The lowest BCUT2D eigenvalue weighted by atomic mass is 10.1. The first-order valence-electron chi connectivity index (χ1n) is 8.66. The molecular weight excluding hydrogens is 392 g/mol. The van der Waals surface area contributed by atoms with Crippen LogP contribution in [0.4, 0.5) is 5.69 Å². The molecule has 3 aromatic rings. The quantitative estimate of drug-likeness (QED) is 0.623. The fourth-order valence-corrected chi connectivity index (χ4v) is 3.39. The first-order chi connectivity index (χ1) is 14.0. The Hall–Kier alpha value is -3.52. The van der Waals surface area contributed by atoms with Gasteiger partial charge in [-0.3, -0.25) is 4.79 Å². The first-order valence-corrected chi connectivity index (χ1v) is 9.48. The van der Waals surface area contributed by atoms with Crippen LogP contribution in [-0.4, -0.2) is 36.5 Å². The molecular formula is C21H18N2O5S. The maximum Gasteiger partial charge on any atom is 0.351 e. The summed E-state index contributed by atoms with van der Waals surface area (Å²) in [6.07, 6.45) is 0. The summed E-state index contributed by atoms with van der Waals surface area (Å²) in [5.74, 6) is -1.57. The summed E-state index contributed by atoms with van der Waals surface area (Å²) in [5.41, 5.74) is 2.18. The number of nitrogens with one attached hydrogen (secondary N) is 1. The second-order valence-corrected chi connectivity index (χ2v) is 7.17. The predicted molar refractivity (Wildman–Crippen MR) is 109 cm³/mol. The lowest BCUT2D eigenvalue weighted by Gasteiger charge is -2.07. The molecule has 0 fully saturated rings. The molecule has 8 heteroatoms. The number of hydrogen-bond donors (Lipinski definition) is 1. The Bertz CT molecular complexity index is 1030. The Morgan fingerprint density at radius 3 is 2.34 bits per heavy atom. The molecule has 0 saturated carbocycles. The van der Waals surface area contributed by atoms with Crippen LogP contribution in [0.5, 0.6) is 0 Å². The third-order valence-electron chi connectivity index (χ3n) is 3.89. The van der Waals surface area contributed by atoms with E-state index in [-0.39, 0.29) is 0 Å². The standard InChI is InChI=1S/C21H18N2O5S/c1-13-22-18(14-6-4-3-5-7-14)19(29-13)21(26)28-12-17(24)23-16-10-8-15(9-11-16)20(25)27-2/h3-11H,12H2,1-2H3,(H,23,24). The second kappa shape index (κ2) is 9.11. The number of benzene rings is 2. The fourth-order valence-electron chi connectivity index (χ4n) is 2.56. The number of rotatable bonds is 6. The Morgan fingerprint density at radius 2 is 1.69 bits per heavy atom. The molecule has 0 saturated heterocycles. The summed E-state index contributed by atoms with van der Waals surface area (Å²) < 4.78 is 9.78. The molecule has 29 heavy (non-hydrogen) atoms. The van der Waals surface area contributed by atoms with E-state index in [0.29, 0.717) is 21.8 Å². The van der Waals surface area contributed by atoms with Gasteiger partial charge in [-0.15, -0.1) is 11.3 Å². The number of thiazole rings is 1. The molecule has 0 unspecified atom stereocenters. The Morgan fingerprint density at radius 1 is 1.00 bits per heavy atom. The number of carbonyl (C=O) groups is 3. The van der Waals surface area contributed by atoms with E-state index in [1.807, 2.05) is 30.3 Å². The zero-order valence-electron chi connectivity index (χ0n) is 15.8. The van der Waals surface area contributed by atoms with Gasteiger partial charge >= 0.3 is 11.9 Å². The number of ether oxygens (including phenoxy) is 2. The number of aryl methyl sites for hydroxylation is 1.